The number of benzene rings is 1. The highest BCUT2D eigenvalue weighted by Gasteiger charge is 2.47. The summed E-state index contributed by atoms with van der Waals surface area (Å²) in [4.78, 5) is 29.6. The van der Waals surface area contributed by atoms with Gasteiger partial charge in [0, 0.05) is 29.4 Å². The number of halogens is 3. The Labute approximate surface area is 182 Å². The van der Waals surface area contributed by atoms with Crippen LogP contribution < -0.4 is 5.32 Å². The summed E-state index contributed by atoms with van der Waals surface area (Å²) in [6, 6.07) is 7.16. The predicted molar refractivity (Wildman–Crippen MR) is 109 cm³/mol. The summed E-state index contributed by atoms with van der Waals surface area (Å²) in [5.74, 6) is 1.37. The van der Waals surface area contributed by atoms with Crippen LogP contribution in [0.2, 0.25) is 5.02 Å². The smallest absolute Gasteiger partial charge is 0.268 e. The van der Waals surface area contributed by atoms with E-state index >= 15 is 0 Å². The number of rotatable bonds is 3. The van der Waals surface area contributed by atoms with Gasteiger partial charge in [0.15, 0.2) is 0 Å². The van der Waals surface area contributed by atoms with Crippen LogP contribution in [0.5, 0.6) is 0 Å². The van der Waals surface area contributed by atoms with E-state index in [0.717, 1.165) is 16.0 Å². The van der Waals surface area contributed by atoms with Gasteiger partial charge >= 0.3 is 0 Å². The number of aromatic nitrogens is 1. The van der Waals surface area contributed by atoms with E-state index in [2.05, 4.69) is 22.1 Å². The van der Waals surface area contributed by atoms with Crippen LogP contribution in [-0.4, -0.2) is 46.8 Å². The molecule has 1 N–H and O–H groups in total. The highest BCUT2D eigenvalue weighted by atomic mass is 35.5. The Bertz CT molecular complexity index is 1130. The van der Waals surface area contributed by atoms with E-state index in [-0.39, 0.29) is 5.56 Å². The summed E-state index contributed by atoms with van der Waals surface area (Å²) in [5, 5.41) is 12.0. The summed E-state index contributed by atoms with van der Waals surface area (Å²) in [7, 11) is 0. The number of nitrogens with zero attached hydrogens (tertiary/aromatic N) is 3. The molecular weight excluding hydrogens is 426 g/mol. The normalized spacial score (nSPS) is 16.7. The van der Waals surface area contributed by atoms with Crippen molar-refractivity contribution in [2.45, 2.75) is 25.3 Å². The lowest BCUT2D eigenvalue weighted by molar-refractivity contribution is -0.131. The van der Waals surface area contributed by atoms with Crippen molar-refractivity contribution < 1.29 is 18.4 Å². The Morgan fingerprint density at radius 2 is 2.06 bits per heavy atom. The summed E-state index contributed by atoms with van der Waals surface area (Å²) >= 11 is 5.94. The van der Waals surface area contributed by atoms with Gasteiger partial charge in [-0.15, -0.1) is 0 Å². The standard InChI is InChI=1S/C22H17ClF2N4O2/c1-14-8-17(23)5-4-15(14)2-3-16-11-27-7-6-19(16)21(31)28-12-20(30)29-13-22(24,25)9-18(29)10-26/h4-8,11,18H,9,12-13H2,1H3,(H,28,31). The van der Waals surface area contributed by atoms with E-state index in [1.54, 1.807) is 24.3 Å². The van der Waals surface area contributed by atoms with E-state index in [0.29, 0.717) is 10.6 Å². The van der Waals surface area contributed by atoms with Crippen molar-refractivity contribution in [2.24, 2.45) is 0 Å². The fourth-order valence-corrected chi connectivity index (χ4v) is 3.37. The molecule has 1 aliphatic rings. The number of nitrogens with one attached hydrogen (secondary N) is 1. The molecule has 1 aromatic heterocycles. The molecule has 1 aliphatic heterocycles. The number of hydrogen-bond donors (Lipinski definition) is 1. The molecule has 0 bridgehead atoms. The molecule has 1 atom stereocenters. The fourth-order valence-electron chi connectivity index (χ4n) is 3.14. The second kappa shape index (κ2) is 9.11. The minimum atomic E-state index is -3.12. The lowest BCUT2D eigenvalue weighted by Crippen LogP contribution is -2.43. The number of hydrogen-bond acceptors (Lipinski definition) is 4. The first-order valence-corrected chi connectivity index (χ1v) is 9.65. The Balaban J connectivity index is 1.72. The molecular formula is C22H17ClF2N4O2. The molecule has 158 valence electrons. The van der Waals surface area contributed by atoms with E-state index in [9.17, 15) is 18.4 Å². The summed E-state index contributed by atoms with van der Waals surface area (Å²) in [5.41, 5.74) is 2.12. The number of likely N-dealkylation sites (tertiary alicyclic amines) is 1. The molecule has 1 aromatic carbocycles. The fraction of sp³-hybridized carbons (Fsp3) is 0.273. The molecule has 1 saturated heterocycles. The highest BCUT2D eigenvalue weighted by molar-refractivity contribution is 6.30. The van der Waals surface area contributed by atoms with Crippen LogP contribution in [0, 0.1) is 30.1 Å². The molecule has 6 nitrogen and oxygen atoms in total. The average Bonchev–Trinajstić information content (AvgIpc) is 3.06. The van der Waals surface area contributed by atoms with Crippen LogP contribution in [0.4, 0.5) is 8.78 Å². The molecule has 0 saturated carbocycles. The lowest BCUT2D eigenvalue weighted by Gasteiger charge is -2.19. The van der Waals surface area contributed by atoms with Gasteiger partial charge in [0.1, 0.15) is 6.04 Å². The van der Waals surface area contributed by atoms with Crippen LogP contribution in [0.3, 0.4) is 0 Å². The van der Waals surface area contributed by atoms with Crippen LogP contribution in [0.25, 0.3) is 0 Å². The van der Waals surface area contributed by atoms with Gasteiger partial charge in [-0.05, 0) is 36.8 Å². The Morgan fingerprint density at radius 3 is 2.77 bits per heavy atom. The predicted octanol–water partition coefficient (Wildman–Crippen LogP) is 2.93. The van der Waals surface area contributed by atoms with Gasteiger partial charge in [-0.25, -0.2) is 8.78 Å². The van der Waals surface area contributed by atoms with Gasteiger partial charge in [0.25, 0.3) is 11.8 Å². The molecule has 9 heteroatoms. The van der Waals surface area contributed by atoms with Crippen molar-refractivity contribution in [3.8, 4) is 17.9 Å². The van der Waals surface area contributed by atoms with Gasteiger partial charge in [-0.2, -0.15) is 5.26 Å². The number of nitriles is 1. The Kier molecular flexibility index (Phi) is 6.53. The molecule has 3 rings (SSSR count). The van der Waals surface area contributed by atoms with Crippen LogP contribution in [0.15, 0.2) is 36.7 Å². The molecule has 1 fully saturated rings. The first-order chi connectivity index (χ1) is 14.7. The summed E-state index contributed by atoms with van der Waals surface area (Å²) in [6.07, 6.45) is 2.11. The van der Waals surface area contributed by atoms with Gasteiger partial charge in [0.05, 0.1) is 30.3 Å². The number of amides is 2. The highest BCUT2D eigenvalue weighted by Crippen LogP contribution is 2.31. The van der Waals surface area contributed by atoms with E-state index in [1.807, 2.05) is 6.92 Å². The second-order valence-electron chi connectivity index (χ2n) is 7.04. The number of pyridine rings is 1. The largest absolute Gasteiger partial charge is 0.343 e. The molecule has 1 unspecified atom stereocenters. The minimum Gasteiger partial charge on any atom is -0.343 e. The quantitative estimate of drug-likeness (QED) is 0.740. The van der Waals surface area contributed by atoms with Gasteiger partial charge < -0.3 is 10.2 Å². The number of carbonyl (C=O) groups excluding carboxylic acids is 2. The average molecular weight is 443 g/mol. The number of aryl methyl sites for hydroxylation is 1. The van der Waals surface area contributed by atoms with Crippen molar-refractivity contribution in [1.82, 2.24) is 15.2 Å². The summed E-state index contributed by atoms with van der Waals surface area (Å²) < 4.78 is 27.0. The van der Waals surface area contributed by atoms with Crippen molar-refractivity contribution in [2.75, 3.05) is 13.1 Å². The van der Waals surface area contributed by atoms with Crippen LogP contribution >= 0.6 is 11.6 Å². The van der Waals surface area contributed by atoms with E-state index in [4.69, 9.17) is 16.9 Å². The Morgan fingerprint density at radius 1 is 1.32 bits per heavy atom. The van der Waals surface area contributed by atoms with Crippen molar-refractivity contribution in [1.29, 1.82) is 5.26 Å². The van der Waals surface area contributed by atoms with Crippen LogP contribution in [-0.2, 0) is 4.79 Å². The summed E-state index contributed by atoms with van der Waals surface area (Å²) in [6.45, 7) is 0.500. The molecule has 0 spiro atoms. The molecule has 2 aromatic rings. The van der Waals surface area contributed by atoms with E-state index < -0.39 is 43.3 Å². The van der Waals surface area contributed by atoms with Crippen molar-refractivity contribution in [3.05, 3.63) is 63.9 Å². The topological polar surface area (TPSA) is 86.1 Å². The zero-order valence-electron chi connectivity index (χ0n) is 16.5. The number of carbonyl (C=O) groups is 2. The SMILES string of the molecule is Cc1cc(Cl)ccc1C#Cc1cnccc1C(=O)NCC(=O)N1CC(F)(F)CC1C#N. The minimum absolute atomic E-state index is 0.186. The lowest BCUT2D eigenvalue weighted by atomic mass is 10.1. The maximum Gasteiger partial charge on any atom is 0.268 e. The van der Waals surface area contributed by atoms with E-state index in [1.165, 1.54) is 18.5 Å². The molecule has 31 heavy (non-hydrogen) atoms. The molecule has 2 heterocycles. The van der Waals surface area contributed by atoms with Gasteiger partial charge in [-0.1, -0.05) is 23.4 Å². The monoisotopic (exact) mass is 442 g/mol. The molecule has 0 radical (unpaired) electrons. The third-order valence-corrected chi connectivity index (χ3v) is 4.96. The van der Waals surface area contributed by atoms with Crippen LogP contribution in [0.1, 0.15) is 33.5 Å². The zero-order valence-corrected chi connectivity index (χ0v) is 17.2. The first kappa shape index (κ1) is 22.2. The Hall–Kier alpha value is -3.49. The first-order valence-electron chi connectivity index (χ1n) is 9.27. The van der Waals surface area contributed by atoms with Crippen molar-refractivity contribution in [3.63, 3.8) is 0 Å². The number of alkyl halides is 2. The maximum atomic E-state index is 13.5. The van der Waals surface area contributed by atoms with Gasteiger partial charge in [0.2, 0.25) is 5.91 Å². The zero-order chi connectivity index (χ0) is 22.6. The van der Waals surface area contributed by atoms with Gasteiger partial charge in [-0.3, -0.25) is 14.6 Å². The second-order valence-corrected chi connectivity index (χ2v) is 7.48. The third kappa shape index (κ3) is 5.36. The third-order valence-electron chi connectivity index (χ3n) is 4.73. The maximum absolute atomic E-state index is 13.5. The molecule has 0 aliphatic carbocycles. The van der Waals surface area contributed by atoms with Crippen molar-refractivity contribution >= 4 is 23.4 Å². The molecule has 2 amide bonds.